The summed E-state index contributed by atoms with van der Waals surface area (Å²) in [5, 5.41) is 5.87. The van der Waals surface area contributed by atoms with Crippen LogP contribution in [0.3, 0.4) is 0 Å². The number of anilines is 1. The molecular weight excluding hydrogens is 355 g/mol. The Morgan fingerprint density at radius 1 is 1.04 bits per heavy atom. The van der Waals surface area contributed by atoms with Gasteiger partial charge in [-0.05, 0) is 37.5 Å². The fraction of sp³-hybridized carbons (Fsp3) is 0.227. The molecular formula is C22H23FN4O. The van der Waals surface area contributed by atoms with E-state index in [1.165, 1.54) is 11.6 Å². The highest BCUT2D eigenvalue weighted by Crippen LogP contribution is 2.10. The second-order valence-corrected chi connectivity index (χ2v) is 6.51. The molecule has 1 amide bonds. The molecule has 144 valence electrons. The lowest BCUT2D eigenvalue weighted by molar-refractivity contribution is 0.0948. The molecule has 0 aliphatic rings. The van der Waals surface area contributed by atoms with Crippen LogP contribution in [-0.2, 0) is 13.0 Å². The van der Waals surface area contributed by atoms with Gasteiger partial charge in [-0.1, -0.05) is 48.5 Å². The predicted molar refractivity (Wildman–Crippen MR) is 108 cm³/mol. The molecule has 0 fully saturated rings. The number of halogens is 1. The standard InChI is InChI=1S/C22H23FN4O/c1-16-14-20(21(28)24-13-7-10-17-8-3-2-4-9-17)27-22(26-16)25-15-18-11-5-6-12-19(18)23/h2-6,8-9,11-12,14H,7,10,13,15H2,1H3,(H,24,28)(H,25,26,27). The van der Waals surface area contributed by atoms with Crippen molar-refractivity contribution in [3.63, 3.8) is 0 Å². The first-order valence-electron chi connectivity index (χ1n) is 9.27. The van der Waals surface area contributed by atoms with Crippen LogP contribution in [0.2, 0.25) is 0 Å². The number of hydrogen-bond donors (Lipinski definition) is 2. The monoisotopic (exact) mass is 378 g/mol. The molecule has 0 unspecified atom stereocenters. The number of rotatable bonds is 8. The Morgan fingerprint density at radius 3 is 2.57 bits per heavy atom. The summed E-state index contributed by atoms with van der Waals surface area (Å²) in [6.07, 6.45) is 1.75. The Labute approximate surface area is 164 Å². The molecule has 28 heavy (non-hydrogen) atoms. The van der Waals surface area contributed by atoms with Crippen LogP contribution in [0.5, 0.6) is 0 Å². The fourth-order valence-electron chi connectivity index (χ4n) is 2.81. The van der Waals surface area contributed by atoms with E-state index in [4.69, 9.17) is 0 Å². The van der Waals surface area contributed by atoms with Crippen LogP contribution >= 0.6 is 0 Å². The molecule has 0 radical (unpaired) electrons. The molecule has 5 nitrogen and oxygen atoms in total. The zero-order valence-corrected chi connectivity index (χ0v) is 15.8. The summed E-state index contributed by atoms with van der Waals surface area (Å²) in [4.78, 5) is 20.9. The van der Waals surface area contributed by atoms with Crippen LogP contribution in [0.4, 0.5) is 10.3 Å². The van der Waals surface area contributed by atoms with E-state index in [9.17, 15) is 9.18 Å². The number of aryl methyl sites for hydroxylation is 2. The number of benzene rings is 2. The molecule has 0 aliphatic carbocycles. The maximum atomic E-state index is 13.7. The van der Waals surface area contributed by atoms with E-state index in [0.717, 1.165) is 12.8 Å². The van der Waals surface area contributed by atoms with Gasteiger partial charge >= 0.3 is 0 Å². The van der Waals surface area contributed by atoms with E-state index in [0.29, 0.717) is 29.4 Å². The second-order valence-electron chi connectivity index (χ2n) is 6.51. The summed E-state index contributed by atoms with van der Waals surface area (Å²) in [7, 11) is 0. The number of nitrogens with one attached hydrogen (secondary N) is 2. The van der Waals surface area contributed by atoms with Gasteiger partial charge in [-0.15, -0.1) is 0 Å². The summed E-state index contributed by atoms with van der Waals surface area (Å²) < 4.78 is 13.7. The van der Waals surface area contributed by atoms with E-state index in [1.54, 1.807) is 31.2 Å². The van der Waals surface area contributed by atoms with Gasteiger partial charge in [0, 0.05) is 24.3 Å². The molecule has 3 aromatic rings. The molecule has 0 saturated heterocycles. The van der Waals surface area contributed by atoms with Crippen LogP contribution < -0.4 is 10.6 Å². The predicted octanol–water partition coefficient (Wildman–Crippen LogP) is 3.90. The molecule has 0 aliphatic heterocycles. The van der Waals surface area contributed by atoms with Crippen molar-refractivity contribution in [1.82, 2.24) is 15.3 Å². The van der Waals surface area contributed by atoms with Gasteiger partial charge in [0.2, 0.25) is 5.95 Å². The van der Waals surface area contributed by atoms with Crippen molar-refractivity contribution in [3.8, 4) is 0 Å². The van der Waals surface area contributed by atoms with Gasteiger partial charge < -0.3 is 10.6 Å². The van der Waals surface area contributed by atoms with Crippen molar-refractivity contribution in [2.45, 2.75) is 26.3 Å². The Bertz CT molecular complexity index is 931. The van der Waals surface area contributed by atoms with Gasteiger partial charge in [0.05, 0.1) is 0 Å². The zero-order valence-electron chi connectivity index (χ0n) is 15.8. The van der Waals surface area contributed by atoms with Crippen molar-refractivity contribution < 1.29 is 9.18 Å². The smallest absolute Gasteiger partial charge is 0.270 e. The van der Waals surface area contributed by atoms with Crippen molar-refractivity contribution in [3.05, 3.63) is 89.0 Å². The number of aromatic nitrogens is 2. The number of carbonyl (C=O) groups is 1. The van der Waals surface area contributed by atoms with Crippen LogP contribution in [0.1, 0.15) is 33.7 Å². The lowest BCUT2D eigenvalue weighted by atomic mass is 10.1. The first kappa shape index (κ1) is 19.5. The third-order valence-electron chi connectivity index (χ3n) is 4.25. The van der Waals surface area contributed by atoms with E-state index in [1.807, 2.05) is 18.2 Å². The maximum Gasteiger partial charge on any atom is 0.270 e. The molecule has 1 aromatic heterocycles. The van der Waals surface area contributed by atoms with Crippen LogP contribution in [0.15, 0.2) is 60.7 Å². The average molecular weight is 378 g/mol. The molecule has 0 bridgehead atoms. The van der Waals surface area contributed by atoms with E-state index in [2.05, 4.69) is 32.7 Å². The lowest BCUT2D eigenvalue weighted by Gasteiger charge is -2.09. The molecule has 0 saturated carbocycles. The zero-order chi connectivity index (χ0) is 19.8. The summed E-state index contributed by atoms with van der Waals surface area (Å²) in [6.45, 7) is 2.60. The third-order valence-corrected chi connectivity index (χ3v) is 4.25. The summed E-state index contributed by atoms with van der Waals surface area (Å²) in [6, 6.07) is 18.3. The second kappa shape index (κ2) is 9.60. The minimum Gasteiger partial charge on any atom is -0.351 e. The highest BCUT2D eigenvalue weighted by atomic mass is 19.1. The van der Waals surface area contributed by atoms with Gasteiger partial charge in [-0.25, -0.2) is 14.4 Å². The first-order valence-corrected chi connectivity index (χ1v) is 9.27. The highest BCUT2D eigenvalue weighted by Gasteiger charge is 2.11. The molecule has 2 N–H and O–H groups in total. The minimum atomic E-state index is -0.293. The third kappa shape index (κ3) is 5.61. The minimum absolute atomic E-state index is 0.243. The number of amides is 1. The molecule has 3 rings (SSSR count). The lowest BCUT2D eigenvalue weighted by Crippen LogP contribution is -2.26. The van der Waals surface area contributed by atoms with Gasteiger partial charge in [-0.3, -0.25) is 4.79 Å². The van der Waals surface area contributed by atoms with Gasteiger partial charge in [0.1, 0.15) is 11.5 Å². The number of carbonyl (C=O) groups excluding carboxylic acids is 1. The maximum absolute atomic E-state index is 13.7. The van der Waals surface area contributed by atoms with E-state index >= 15 is 0 Å². The molecule has 0 atom stereocenters. The summed E-state index contributed by atoms with van der Waals surface area (Å²) in [5.74, 6) is -0.232. The van der Waals surface area contributed by atoms with E-state index < -0.39 is 0 Å². The summed E-state index contributed by atoms with van der Waals surface area (Å²) >= 11 is 0. The van der Waals surface area contributed by atoms with E-state index in [-0.39, 0.29) is 18.3 Å². The Balaban J connectivity index is 1.54. The molecule has 0 spiro atoms. The highest BCUT2D eigenvalue weighted by molar-refractivity contribution is 5.92. The quantitative estimate of drug-likeness (QED) is 0.584. The van der Waals surface area contributed by atoms with Crippen molar-refractivity contribution >= 4 is 11.9 Å². The Kier molecular flexibility index (Phi) is 6.68. The average Bonchev–Trinajstić information content (AvgIpc) is 2.71. The Morgan fingerprint density at radius 2 is 1.79 bits per heavy atom. The Hall–Kier alpha value is -3.28. The SMILES string of the molecule is Cc1cc(C(=O)NCCCc2ccccc2)nc(NCc2ccccc2F)n1. The fourth-order valence-corrected chi connectivity index (χ4v) is 2.81. The normalized spacial score (nSPS) is 10.5. The molecule has 1 heterocycles. The topological polar surface area (TPSA) is 66.9 Å². The van der Waals surface area contributed by atoms with Crippen molar-refractivity contribution in [2.24, 2.45) is 0 Å². The molecule has 6 heteroatoms. The van der Waals surface area contributed by atoms with Gasteiger partial charge in [-0.2, -0.15) is 0 Å². The van der Waals surface area contributed by atoms with Gasteiger partial charge in [0.15, 0.2) is 0 Å². The van der Waals surface area contributed by atoms with Crippen LogP contribution in [-0.4, -0.2) is 22.4 Å². The van der Waals surface area contributed by atoms with Crippen molar-refractivity contribution in [1.29, 1.82) is 0 Å². The number of nitrogens with zero attached hydrogens (tertiary/aromatic N) is 2. The number of hydrogen-bond acceptors (Lipinski definition) is 4. The molecule has 2 aromatic carbocycles. The largest absolute Gasteiger partial charge is 0.351 e. The van der Waals surface area contributed by atoms with Crippen molar-refractivity contribution in [2.75, 3.05) is 11.9 Å². The summed E-state index contributed by atoms with van der Waals surface area (Å²) in [5.41, 5.74) is 2.72. The van der Waals surface area contributed by atoms with Gasteiger partial charge in [0.25, 0.3) is 5.91 Å². The first-order chi connectivity index (χ1) is 13.6. The van der Waals surface area contributed by atoms with Crippen LogP contribution in [0.25, 0.3) is 0 Å². The van der Waals surface area contributed by atoms with Crippen LogP contribution in [0, 0.1) is 12.7 Å².